The lowest BCUT2D eigenvalue weighted by Crippen LogP contribution is -2.00. The number of hydrogen-bond acceptors (Lipinski definition) is 5. The first-order valence-corrected chi connectivity index (χ1v) is 9.41. The molecule has 2 rings (SSSR count). The lowest BCUT2D eigenvalue weighted by Gasteiger charge is -2.14. The molecule has 146 valence electrons. The summed E-state index contributed by atoms with van der Waals surface area (Å²) in [5.74, 6) is 2.36. The number of rotatable bonds is 9. The standard InChI is InChI=1S/C22H22BrNO4/c1-5-9-28-22-18(23)11-15(12-21(22)27-6-2)10-17(14-24)16-7-8-19(25-3)20(13-16)26-4/h5,7-8,10-13H,1,6,9H2,2-4H3/b17-10+. The third-order valence-corrected chi connectivity index (χ3v) is 4.39. The van der Waals surface area contributed by atoms with Gasteiger partial charge in [0.25, 0.3) is 0 Å². The fraction of sp³-hybridized carbons (Fsp3) is 0.227. The van der Waals surface area contributed by atoms with Gasteiger partial charge in [0.1, 0.15) is 6.61 Å². The number of methoxy groups -OCH3 is 2. The molecule has 28 heavy (non-hydrogen) atoms. The molecule has 0 unspecified atom stereocenters. The maximum absolute atomic E-state index is 9.67. The predicted molar refractivity (Wildman–Crippen MR) is 114 cm³/mol. The number of ether oxygens (including phenoxy) is 4. The molecule has 0 saturated carbocycles. The Bertz CT molecular complexity index is 915. The highest BCUT2D eigenvalue weighted by molar-refractivity contribution is 9.10. The SMILES string of the molecule is C=CCOc1c(Br)cc(/C=C(\C#N)c2ccc(OC)c(OC)c2)cc1OCC. The minimum absolute atomic E-state index is 0.364. The monoisotopic (exact) mass is 443 g/mol. The number of nitrogens with zero attached hydrogens (tertiary/aromatic N) is 1. The molecular formula is C22H22BrNO4. The zero-order valence-corrected chi connectivity index (χ0v) is 17.7. The molecule has 0 aliphatic heterocycles. The molecule has 0 amide bonds. The van der Waals surface area contributed by atoms with E-state index >= 15 is 0 Å². The van der Waals surface area contributed by atoms with Crippen LogP contribution in [0.4, 0.5) is 0 Å². The summed E-state index contributed by atoms with van der Waals surface area (Å²) < 4.78 is 22.7. The normalized spacial score (nSPS) is 10.8. The van der Waals surface area contributed by atoms with Crippen LogP contribution >= 0.6 is 15.9 Å². The van der Waals surface area contributed by atoms with Crippen molar-refractivity contribution in [2.24, 2.45) is 0 Å². The lowest BCUT2D eigenvalue weighted by atomic mass is 10.0. The average Bonchev–Trinajstić information content (AvgIpc) is 2.71. The fourth-order valence-corrected chi connectivity index (χ4v) is 3.14. The van der Waals surface area contributed by atoms with Gasteiger partial charge in [0.15, 0.2) is 23.0 Å². The van der Waals surface area contributed by atoms with Gasteiger partial charge in [-0.3, -0.25) is 0 Å². The van der Waals surface area contributed by atoms with E-state index in [2.05, 4.69) is 28.6 Å². The summed E-state index contributed by atoms with van der Waals surface area (Å²) in [7, 11) is 3.13. The predicted octanol–water partition coefficient (Wildman–Crippen LogP) is 5.49. The molecule has 6 heteroatoms. The van der Waals surface area contributed by atoms with Crippen LogP contribution in [0.1, 0.15) is 18.1 Å². The molecule has 0 radical (unpaired) electrons. The summed E-state index contributed by atoms with van der Waals surface area (Å²) in [5.41, 5.74) is 2.00. The van der Waals surface area contributed by atoms with Crippen LogP contribution in [0.2, 0.25) is 0 Å². The van der Waals surface area contributed by atoms with Crippen LogP contribution < -0.4 is 18.9 Å². The van der Waals surface area contributed by atoms with E-state index in [1.165, 1.54) is 0 Å². The number of hydrogen-bond donors (Lipinski definition) is 0. The van der Waals surface area contributed by atoms with Crippen LogP contribution in [0.15, 0.2) is 47.5 Å². The van der Waals surface area contributed by atoms with Gasteiger partial charge in [0.05, 0.1) is 36.9 Å². The van der Waals surface area contributed by atoms with Gasteiger partial charge in [-0.05, 0) is 70.4 Å². The van der Waals surface area contributed by atoms with Gasteiger partial charge in [-0.15, -0.1) is 0 Å². The largest absolute Gasteiger partial charge is 0.493 e. The summed E-state index contributed by atoms with van der Waals surface area (Å²) in [5, 5.41) is 9.67. The van der Waals surface area contributed by atoms with Gasteiger partial charge in [-0.25, -0.2) is 0 Å². The Labute approximate surface area is 173 Å². The van der Waals surface area contributed by atoms with E-state index in [1.807, 2.05) is 25.1 Å². The molecule has 2 aromatic carbocycles. The minimum atomic E-state index is 0.364. The quantitative estimate of drug-likeness (QED) is 0.291. The van der Waals surface area contributed by atoms with Crippen LogP contribution in [-0.2, 0) is 0 Å². The molecular weight excluding hydrogens is 422 g/mol. The highest BCUT2D eigenvalue weighted by Gasteiger charge is 2.13. The van der Waals surface area contributed by atoms with Crippen LogP contribution in [0.5, 0.6) is 23.0 Å². The highest BCUT2D eigenvalue weighted by Crippen LogP contribution is 2.38. The van der Waals surface area contributed by atoms with E-state index in [0.29, 0.717) is 41.8 Å². The van der Waals surface area contributed by atoms with E-state index < -0.39 is 0 Å². The van der Waals surface area contributed by atoms with Gasteiger partial charge in [-0.1, -0.05) is 12.7 Å². The molecule has 5 nitrogen and oxygen atoms in total. The first-order chi connectivity index (χ1) is 13.6. The van der Waals surface area contributed by atoms with Crippen LogP contribution in [-0.4, -0.2) is 27.4 Å². The summed E-state index contributed by atoms with van der Waals surface area (Å²) in [6.45, 7) is 6.42. The van der Waals surface area contributed by atoms with Crippen molar-refractivity contribution in [3.63, 3.8) is 0 Å². The highest BCUT2D eigenvalue weighted by atomic mass is 79.9. The van der Waals surface area contributed by atoms with Crippen molar-refractivity contribution in [3.8, 4) is 29.1 Å². The number of halogens is 1. The molecule has 0 saturated heterocycles. The summed E-state index contributed by atoms with van der Waals surface area (Å²) in [6.07, 6.45) is 3.45. The molecule has 0 atom stereocenters. The zero-order chi connectivity index (χ0) is 20.5. The first-order valence-electron chi connectivity index (χ1n) is 8.62. The molecule has 0 spiro atoms. The maximum atomic E-state index is 9.67. The van der Waals surface area contributed by atoms with E-state index in [9.17, 15) is 5.26 Å². The second-order valence-electron chi connectivity index (χ2n) is 5.60. The average molecular weight is 444 g/mol. The zero-order valence-electron chi connectivity index (χ0n) is 16.1. The van der Waals surface area contributed by atoms with Gasteiger partial charge in [0, 0.05) is 0 Å². The smallest absolute Gasteiger partial charge is 0.175 e. The molecule has 2 aromatic rings. The van der Waals surface area contributed by atoms with Crippen molar-refractivity contribution in [2.75, 3.05) is 27.4 Å². The third kappa shape index (κ3) is 5.08. The van der Waals surface area contributed by atoms with E-state index in [1.54, 1.807) is 38.5 Å². The Morgan fingerprint density at radius 1 is 1.11 bits per heavy atom. The molecule has 0 aliphatic rings. The van der Waals surface area contributed by atoms with Gasteiger partial charge in [-0.2, -0.15) is 5.26 Å². The van der Waals surface area contributed by atoms with Crippen molar-refractivity contribution >= 4 is 27.6 Å². The van der Waals surface area contributed by atoms with Gasteiger partial charge in [0.2, 0.25) is 0 Å². The molecule has 0 N–H and O–H groups in total. The van der Waals surface area contributed by atoms with Crippen molar-refractivity contribution in [1.82, 2.24) is 0 Å². The lowest BCUT2D eigenvalue weighted by molar-refractivity contribution is 0.295. The summed E-state index contributed by atoms with van der Waals surface area (Å²) in [4.78, 5) is 0. The topological polar surface area (TPSA) is 60.7 Å². The third-order valence-electron chi connectivity index (χ3n) is 3.80. The Balaban J connectivity index is 2.49. The van der Waals surface area contributed by atoms with Gasteiger partial charge >= 0.3 is 0 Å². The molecule has 0 heterocycles. The Morgan fingerprint density at radius 3 is 2.46 bits per heavy atom. The van der Waals surface area contributed by atoms with Crippen LogP contribution in [0.3, 0.4) is 0 Å². The Kier molecular flexibility index (Phi) is 7.97. The van der Waals surface area contributed by atoms with Crippen LogP contribution in [0, 0.1) is 11.3 Å². The molecule has 0 bridgehead atoms. The number of nitriles is 1. The van der Waals surface area contributed by atoms with E-state index in [0.717, 1.165) is 15.6 Å². The van der Waals surface area contributed by atoms with E-state index in [-0.39, 0.29) is 0 Å². The van der Waals surface area contributed by atoms with Crippen molar-refractivity contribution in [2.45, 2.75) is 6.92 Å². The first kappa shape index (κ1) is 21.4. The summed E-state index contributed by atoms with van der Waals surface area (Å²) >= 11 is 3.52. The Morgan fingerprint density at radius 2 is 1.86 bits per heavy atom. The number of allylic oxidation sites excluding steroid dienone is 1. The van der Waals surface area contributed by atoms with E-state index in [4.69, 9.17) is 18.9 Å². The molecule has 0 aromatic heterocycles. The second kappa shape index (κ2) is 10.4. The van der Waals surface area contributed by atoms with Crippen LogP contribution in [0.25, 0.3) is 11.6 Å². The fourth-order valence-electron chi connectivity index (χ4n) is 2.57. The summed E-state index contributed by atoms with van der Waals surface area (Å²) in [6, 6.07) is 11.3. The second-order valence-corrected chi connectivity index (χ2v) is 6.46. The molecule has 0 aliphatic carbocycles. The maximum Gasteiger partial charge on any atom is 0.175 e. The van der Waals surface area contributed by atoms with Crippen molar-refractivity contribution in [1.29, 1.82) is 5.26 Å². The Hall–Kier alpha value is -2.91. The minimum Gasteiger partial charge on any atom is -0.493 e. The van der Waals surface area contributed by atoms with Gasteiger partial charge < -0.3 is 18.9 Å². The van der Waals surface area contributed by atoms with Crippen molar-refractivity contribution in [3.05, 3.63) is 58.6 Å². The molecule has 0 fully saturated rings. The van der Waals surface area contributed by atoms with Crippen molar-refractivity contribution < 1.29 is 18.9 Å². The number of benzene rings is 2.